The Bertz CT molecular complexity index is 678. The molecule has 2 rings (SSSR count). The molecule has 2 aromatic rings. The lowest BCUT2D eigenvalue weighted by Gasteiger charge is -2.06. The van der Waals surface area contributed by atoms with Crippen LogP contribution in [0.5, 0.6) is 0 Å². The largest absolute Gasteiger partial charge is 0.275 e. The van der Waals surface area contributed by atoms with Crippen molar-refractivity contribution >= 4 is 26.0 Å². The highest BCUT2D eigenvalue weighted by Gasteiger charge is 2.14. The summed E-state index contributed by atoms with van der Waals surface area (Å²) in [7, 11) is -1.69. The molecule has 1 N–H and O–H groups in total. The highest BCUT2D eigenvalue weighted by molar-refractivity contribution is 9.10. The number of halogens is 1. The van der Waals surface area contributed by atoms with E-state index in [1.807, 2.05) is 6.92 Å². The Morgan fingerprint density at radius 3 is 2.47 bits per heavy atom. The summed E-state index contributed by atoms with van der Waals surface area (Å²) < 4.78 is 29.2. The van der Waals surface area contributed by atoms with Crippen LogP contribution in [0.25, 0.3) is 0 Å². The number of nitrogens with one attached hydrogen (secondary N) is 1. The van der Waals surface area contributed by atoms with Gasteiger partial charge in [0, 0.05) is 29.8 Å². The fourth-order valence-electron chi connectivity index (χ4n) is 1.69. The van der Waals surface area contributed by atoms with Crippen molar-refractivity contribution in [2.24, 2.45) is 7.05 Å². The number of hydrogen-bond acceptors (Lipinski definition) is 3. The molecule has 0 unspecified atom stereocenters. The molecule has 0 spiro atoms. The van der Waals surface area contributed by atoms with E-state index in [4.69, 9.17) is 0 Å². The van der Waals surface area contributed by atoms with Gasteiger partial charge in [0.1, 0.15) is 0 Å². The molecule has 0 aliphatic heterocycles. The molecule has 0 aliphatic rings. The van der Waals surface area contributed by atoms with Crippen LogP contribution in [-0.2, 0) is 23.6 Å². The fourth-order valence-corrected chi connectivity index (χ4v) is 2.96. The van der Waals surface area contributed by atoms with Crippen molar-refractivity contribution in [1.29, 1.82) is 0 Å². The quantitative estimate of drug-likeness (QED) is 0.922. The summed E-state index contributed by atoms with van der Waals surface area (Å²) in [5.74, 6) is 0. The highest BCUT2D eigenvalue weighted by Crippen LogP contribution is 2.15. The lowest BCUT2D eigenvalue weighted by molar-refractivity contribution is 0.581. The number of aryl methyl sites for hydroxylation is 2. The SMILES string of the molecule is Cc1nn(C)cc1CNS(=O)(=O)c1ccc(Br)cc1. The Hall–Kier alpha value is -1.18. The van der Waals surface area contributed by atoms with Crippen LogP contribution in [-0.4, -0.2) is 18.2 Å². The standard InChI is InChI=1S/C12H14BrN3O2S/c1-9-10(8-16(2)15-9)7-14-19(17,18)12-5-3-11(13)4-6-12/h3-6,8,14H,7H2,1-2H3. The normalized spacial score (nSPS) is 11.7. The van der Waals surface area contributed by atoms with Gasteiger partial charge < -0.3 is 0 Å². The van der Waals surface area contributed by atoms with Gasteiger partial charge in [0.05, 0.1) is 10.6 Å². The van der Waals surface area contributed by atoms with Crippen LogP contribution >= 0.6 is 15.9 Å². The monoisotopic (exact) mass is 343 g/mol. The molecule has 1 aromatic heterocycles. The first-order valence-electron chi connectivity index (χ1n) is 5.63. The van der Waals surface area contributed by atoms with Crippen LogP contribution in [0.1, 0.15) is 11.3 Å². The molecule has 0 saturated carbocycles. The first kappa shape index (κ1) is 14.2. The lowest BCUT2D eigenvalue weighted by atomic mass is 10.3. The zero-order valence-electron chi connectivity index (χ0n) is 10.6. The van der Waals surface area contributed by atoms with Crippen LogP contribution in [0.2, 0.25) is 0 Å². The van der Waals surface area contributed by atoms with Crippen molar-refractivity contribution in [1.82, 2.24) is 14.5 Å². The van der Waals surface area contributed by atoms with Crippen LogP contribution in [0.4, 0.5) is 0 Å². The van der Waals surface area contributed by atoms with E-state index in [0.29, 0.717) is 0 Å². The number of aromatic nitrogens is 2. The van der Waals surface area contributed by atoms with Crippen molar-refractivity contribution in [3.63, 3.8) is 0 Å². The molecule has 0 fully saturated rings. The number of benzene rings is 1. The second-order valence-electron chi connectivity index (χ2n) is 4.19. The second-order valence-corrected chi connectivity index (χ2v) is 6.87. The van der Waals surface area contributed by atoms with Gasteiger partial charge in [0.25, 0.3) is 0 Å². The van der Waals surface area contributed by atoms with Crippen molar-refractivity contribution in [3.8, 4) is 0 Å². The van der Waals surface area contributed by atoms with Crippen molar-refractivity contribution < 1.29 is 8.42 Å². The molecule has 7 heteroatoms. The minimum Gasteiger partial charge on any atom is -0.275 e. The number of hydrogen-bond donors (Lipinski definition) is 1. The Labute approximate surface area is 120 Å². The lowest BCUT2D eigenvalue weighted by Crippen LogP contribution is -2.23. The molecule has 1 aromatic carbocycles. The van der Waals surface area contributed by atoms with Gasteiger partial charge in [-0.1, -0.05) is 15.9 Å². The summed E-state index contributed by atoms with van der Waals surface area (Å²) in [5.41, 5.74) is 1.68. The maximum absolute atomic E-state index is 12.1. The molecule has 0 amide bonds. The molecule has 0 saturated heterocycles. The molecule has 5 nitrogen and oxygen atoms in total. The Morgan fingerprint density at radius 1 is 1.32 bits per heavy atom. The van der Waals surface area contributed by atoms with E-state index in [1.54, 1.807) is 42.2 Å². The Balaban J connectivity index is 2.14. The summed E-state index contributed by atoms with van der Waals surface area (Å²) in [6.07, 6.45) is 1.80. The molecular weight excluding hydrogens is 330 g/mol. The van der Waals surface area contributed by atoms with Gasteiger partial charge in [-0.3, -0.25) is 4.68 Å². The van der Waals surface area contributed by atoms with E-state index in [0.717, 1.165) is 15.7 Å². The zero-order valence-corrected chi connectivity index (χ0v) is 13.0. The van der Waals surface area contributed by atoms with Gasteiger partial charge in [0.15, 0.2) is 0 Å². The van der Waals surface area contributed by atoms with E-state index in [1.165, 1.54) is 0 Å². The van der Waals surface area contributed by atoms with Gasteiger partial charge in [-0.2, -0.15) is 5.10 Å². The minimum atomic E-state index is -3.49. The average molecular weight is 344 g/mol. The highest BCUT2D eigenvalue weighted by atomic mass is 79.9. The predicted molar refractivity (Wildman–Crippen MR) is 76.1 cm³/mol. The van der Waals surface area contributed by atoms with Gasteiger partial charge >= 0.3 is 0 Å². The molecule has 19 heavy (non-hydrogen) atoms. The second kappa shape index (κ2) is 5.44. The van der Waals surface area contributed by atoms with Gasteiger partial charge in [0.2, 0.25) is 10.0 Å². The third kappa shape index (κ3) is 3.43. The summed E-state index contributed by atoms with van der Waals surface area (Å²) in [5, 5.41) is 4.17. The number of sulfonamides is 1. The summed E-state index contributed by atoms with van der Waals surface area (Å²) in [6, 6.07) is 6.51. The summed E-state index contributed by atoms with van der Waals surface area (Å²) in [4.78, 5) is 0.247. The molecule has 0 radical (unpaired) electrons. The average Bonchev–Trinajstić information content (AvgIpc) is 2.66. The van der Waals surface area contributed by atoms with Crippen molar-refractivity contribution in [2.75, 3.05) is 0 Å². The topological polar surface area (TPSA) is 64.0 Å². The van der Waals surface area contributed by atoms with E-state index in [2.05, 4.69) is 25.8 Å². The maximum Gasteiger partial charge on any atom is 0.240 e. The molecule has 0 atom stereocenters. The molecule has 102 valence electrons. The van der Waals surface area contributed by atoms with E-state index in [9.17, 15) is 8.42 Å². The van der Waals surface area contributed by atoms with E-state index in [-0.39, 0.29) is 11.4 Å². The Morgan fingerprint density at radius 2 is 1.95 bits per heavy atom. The third-order valence-electron chi connectivity index (χ3n) is 2.69. The molecule has 0 aliphatic carbocycles. The summed E-state index contributed by atoms with van der Waals surface area (Å²) >= 11 is 3.27. The zero-order chi connectivity index (χ0) is 14.0. The number of nitrogens with zero attached hydrogens (tertiary/aromatic N) is 2. The molecular formula is C12H14BrN3O2S. The van der Waals surface area contributed by atoms with Crippen molar-refractivity contribution in [2.45, 2.75) is 18.4 Å². The Kier molecular flexibility index (Phi) is 4.07. The van der Waals surface area contributed by atoms with Crippen molar-refractivity contribution in [3.05, 3.63) is 46.2 Å². The first-order valence-corrected chi connectivity index (χ1v) is 7.90. The summed E-state index contributed by atoms with van der Waals surface area (Å²) in [6.45, 7) is 2.08. The molecule has 0 bridgehead atoms. The minimum absolute atomic E-state index is 0.234. The number of rotatable bonds is 4. The van der Waals surface area contributed by atoms with Gasteiger partial charge in [-0.05, 0) is 31.2 Å². The van der Waals surface area contributed by atoms with E-state index >= 15 is 0 Å². The van der Waals surface area contributed by atoms with Crippen LogP contribution in [0, 0.1) is 6.92 Å². The van der Waals surface area contributed by atoms with Crippen LogP contribution in [0.15, 0.2) is 39.8 Å². The smallest absolute Gasteiger partial charge is 0.240 e. The van der Waals surface area contributed by atoms with Gasteiger partial charge in [-0.15, -0.1) is 0 Å². The first-order chi connectivity index (χ1) is 8.88. The molecule has 1 heterocycles. The van der Waals surface area contributed by atoms with E-state index < -0.39 is 10.0 Å². The van der Waals surface area contributed by atoms with Crippen LogP contribution in [0.3, 0.4) is 0 Å². The van der Waals surface area contributed by atoms with Crippen LogP contribution < -0.4 is 4.72 Å². The predicted octanol–water partition coefficient (Wildman–Crippen LogP) is 1.97. The van der Waals surface area contributed by atoms with Gasteiger partial charge in [-0.25, -0.2) is 13.1 Å². The maximum atomic E-state index is 12.1. The third-order valence-corrected chi connectivity index (χ3v) is 4.64. The fraction of sp³-hybridized carbons (Fsp3) is 0.250.